The van der Waals surface area contributed by atoms with Crippen LogP contribution in [-0.2, 0) is 9.59 Å². The van der Waals surface area contributed by atoms with Gasteiger partial charge < -0.3 is 10.0 Å². The largest absolute Gasteiger partial charge is 0.481 e. The van der Waals surface area contributed by atoms with Crippen LogP contribution in [-0.4, -0.2) is 35.5 Å². The Bertz CT molecular complexity index is 327. The Balaban J connectivity index is 2.65. The van der Waals surface area contributed by atoms with E-state index in [1.807, 2.05) is 0 Å². The molecule has 1 aliphatic carbocycles. The summed E-state index contributed by atoms with van der Waals surface area (Å²) in [5, 5.41) is 9.29. The lowest BCUT2D eigenvalue weighted by Gasteiger charge is -2.32. The van der Waals surface area contributed by atoms with Gasteiger partial charge in [0, 0.05) is 13.6 Å². The van der Waals surface area contributed by atoms with E-state index < -0.39 is 17.3 Å². The van der Waals surface area contributed by atoms with Gasteiger partial charge >= 0.3 is 5.97 Å². The van der Waals surface area contributed by atoms with E-state index in [2.05, 4.69) is 0 Å². The van der Waals surface area contributed by atoms with Gasteiger partial charge in [0.2, 0.25) is 5.91 Å². The van der Waals surface area contributed by atoms with Gasteiger partial charge in [0.25, 0.3) is 0 Å². The summed E-state index contributed by atoms with van der Waals surface area (Å²) in [7, 11) is 1.73. The van der Waals surface area contributed by atoms with Crippen molar-refractivity contribution in [3.05, 3.63) is 0 Å². The number of hydrogen-bond donors (Lipinski definition) is 1. The first-order chi connectivity index (χ1) is 8.73. The number of amides is 1. The average molecular weight is 269 g/mol. The standard InChI is InChI=1S/C15H27NO3/c1-15(2,3)12(14(18)19)13(17)16(4)10-11-8-6-5-7-9-11/h11-12H,5-10H2,1-4H3,(H,18,19). The van der Waals surface area contributed by atoms with E-state index in [1.165, 1.54) is 19.3 Å². The minimum absolute atomic E-state index is 0.259. The Kier molecular flexibility index (Phi) is 5.39. The zero-order valence-electron chi connectivity index (χ0n) is 12.6. The molecule has 0 aliphatic heterocycles. The molecule has 1 atom stereocenters. The third kappa shape index (κ3) is 4.51. The first-order valence-corrected chi connectivity index (χ1v) is 7.21. The maximum absolute atomic E-state index is 12.4. The normalized spacial score (nSPS) is 18.9. The first-order valence-electron chi connectivity index (χ1n) is 7.21. The van der Waals surface area contributed by atoms with Crippen molar-refractivity contribution in [2.75, 3.05) is 13.6 Å². The Morgan fingerprint density at radius 1 is 1.21 bits per heavy atom. The molecule has 1 rings (SSSR count). The fourth-order valence-corrected chi connectivity index (χ4v) is 2.91. The molecule has 0 spiro atoms. The van der Waals surface area contributed by atoms with Gasteiger partial charge in [-0.15, -0.1) is 0 Å². The van der Waals surface area contributed by atoms with E-state index in [0.717, 1.165) is 12.8 Å². The van der Waals surface area contributed by atoms with Gasteiger partial charge in [-0.2, -0.15) is 0 Å². The number of carboxylic acids is 1. The quantitative estimate of drug-likeness (QED) is 0.798. The average Bonchev–Trinajstić information content (AvgIpc) is 2.27. The minimum Gasteiger partial charge on any atom is -0.481 e. The Morgan fingerprint density at radius 2 is 1.74 bits per heavy atom. The Hall–Kier alpha value is -1.06. The second kappa shape index (κ2) is 6.40. The summed E-state index contributed by atoms with van der Waals surface area (Å²) in [6.45, 7) is 6.10. The van der Waals surface area contributed by atoms with Crippen molar-refractivity contribution >= 4 is 11.9 Å². The van der Waals surface area contributed by atoms with E-state index in [9.17, 15) is 14.7 Å². The summed E-state index contributed by atoms with van der Waals surface area (Å²) in [5.74, 6) is -1.70. The van der Waals surface area contributed by atoms with E-state index in [0.29, 0.717) is 12.5 Å². The lowest BCUT2D eigenvalue weighted by atomic mass is 9.79. The van der Waals surface area contributed by atoms with E-state index in [4.69, 9.17) is 0 Å². The van der Waals surface area contributed by atoms with Crippen molar-refractivity contribution in [1.82, 2.24) is 4.90 Å². The van der Waals surface area contributed by atoms with Gasteiger partial charge in [-0.05, 0) is 24.2 Å². The van der Waals surface area contributed by atoms with Crippen LogP contribution in [0.15, 0.2) is 0 Å². The SMILES string of the molecule is CN(CC1CCCCC1)C(=O)C(C(=O)O)C(C)(C)C. The lowest BCUT2D eigenvalue weighted by Crippen LogP contribution is -2.45. The van der Waals surface area contributed by atoms with Gasteiger partial charge in [-0.3, -0.25) is 9.59 Å². The van der Waals surface area contributed by atoms with Crippen molar-refractivity contribution in [1.29, 1.82) is 0 Å². The van der Waals surface area contributed by atoms with Crippen molar-refractivity contribution < 1.29 is 14.7 Å². The lowest BCUT2D eigenvalue weighted by molar-refractivity contribution is -0.155. The molecule has 19 heavy (non-hydrogen) atoms. The number of carboxylic acid groups (broad SMARTS) is 1. The summed E-state index contributed by atoms with van der Waals surface area (Å²) in [4.78, 5) is 25.3. The highest BCUT2D eigenvalue weighted by atomic mass is 16.4. The molecule has 1 N–H and O–H groups in total. The molecule has 1 amide bonds. The molecule has 0 aromatic carbocycles. The van der Waals surface area contributed by atoms with Crippen LogP contribution < -0.4 is 0 Å². The monoisotopic (exact) mass is 269 g/mol. The topological polar surface area (TPSA) is 57.6 Å². The summed E-state index contributed by atoms with van der Waals surface area (Å²) in [6, 6.07) is 0. The van der Waals surface area contributed by atoms with Gasteiger partial charge in [0.05, 0.1) is 0 Å². The zero-order chi connectivity index (χ0) is 14.6. The highest BCUT2D eigenvalue weighted by molar-refractivity contribution is 5.97. The predicted octanol–water partition coefficient (Wildman–Crippen LogP) is 2.77. The molecule has 0 aromatic heterocycles. The Labute approximate surface area is 116 Å². The first kappa shape index (κ1) is 16.0. The smallest absolute Gasteiger partial charge is 0.316 e. The molecule has 0 radical (unpaired) electrons. The third-order valence-corrected chi connectivity index (χ3v) is 3.99. The van der Waals surface area contributed by atoms with E-state index in [-0.39, 0.29) is 5.91 Å². The summed E-state index contributed by atoms with van der Waals surface area (Å²) in [6.07, 6.45) is 6.06. The molecule has 0 bridgehead atoms. The maximum atomic E-state index is 12.4. The summed E-state index contributed by atoms with van der Waals surface area (Å²) < 4.78 is 0. The van der Waals surface area contributed by atoms with Crippen molar-refractivity contribution in [3.63, 3.8) is 0 Å². The fourth-order valence-electron chi connectivity index (χ4n) is 2.91. The van der Waals surface area contributed by atoms with Crippen LogP contribution >= 0.6 is 0 Å². The summed E-state index contributed by atoms with van der Waals surface area (Å²) >= 11 is 0. The van der Waals surface area contributed by atoms with Crippen LogP contribution in [0.1, 0.15) is 52.9 Å². The highest BCUT2D eigenvalue weighted by Gasteiger charge is 2.39. The highest BCUT2D eigenvalue weighted by Crippen LogP contribution is 2.29. The fraction of sp³-hybridized carbons (Fsp3) is 0.867. The van der Waals surface area contributed by atoms with Gasteiger partial charge in [-0.25, -0.2) is 0 Å². The van der Waals surface area contributed by atoms with Crippen LogP contribution in [0.3, 0.4) is 0 Å². The number of aliphatic carboxylic acids is 1. The van der Waals surface area contributed by atoms with Crippen molar-refractivity contribution in [3.8, 4) is 0 Å². The molecular formula is C15H27NO3. The molecule has 1 saturated carbocycles. The second-order valence-electron chi connectivity index (χ2n) is 6.86. The molecule has 4 heteroatoms. The molecule has 1 fully saturated rings. The van der Waals surface area contributed by atoms with Crippen molar-refractivity contribution in [2.24, 2.45) is 17.3 Å². The minimum atomic E-state index is -1.02. The van der Waals surface area contributed by atoms with Crippen LogP contribution in [0.25, 0.3) is 0 Å². The molecule has 4 nitrogen and oxygen atoms in total. The number of carbonyl (C=O) groups is 2. The van der Waals surface area contributed by atoms with Crippen molar-refractivity contribution in [2.45, 2.75) is 52.9 Å². The number of rotatable bonds is 4. The number of nitrogens with zero attached hydrogens (tertiary/aromatic N) is 1. The van der Waals surface area contributed by atoms with Gasteiger partial charge in [-0.1, -0.05) is 40.0 Å². The molecule has 0 heterocycles. The van der Waals surface area contributed by atoms with Gasteiger partial charge in [0.1, 0.15) is 5.92 Å². The predicted molar refractivity (Wildman–Crippen MR) is 74.8 cm³/mol. The maximum Gasteiger partial charge on any atom is 0.316 e. The number of carbonyl (C=O) groups excluding carboxylic acids is 1. The second-order valence-corrected chi connectivity index (χ2v) is 6.86. The molecule has 0 aromatic rings. The zero-order valence-corrected chi connectivity index (χ0v) is 12.6. The van der Waals surface area contributed by atoms with Crippen LogP contribution in [0.5, 0.6) is 0 Å². The van der Waals surface area contributed by atoms with E-state index in [1.54, 1.807) is 32.7 Å². The van der Waals surface area contributed by atoms with Crippen LogP contribution in [0.2, 0.25) is 0 Å². The van der Waals surface area contributed by atoms with Crippen LogP contribution in [0, 0.1) is 17.3 Å². The molecule has 1 aliphatic rings. The molecule has 110 valence electrons. The van der Waals surface area contributed by atoms with Crippen LogP contribution in [0.4, 0.5) is 0 Å². The molecular weight excluding hydrogens is 242 g/mol. The molecule has 0 saturated heterocycles. The number of hydrogen-bond acceptors (Lipinski definition) is 2. The molecule has 1 unspecified atom stereocenters. The third-order valence-electron chi connectivity index (χ3n) is 3.99. The Morgan fingerprint density at radius 3 is 2.16 bits per heavy atom. The van der Waals surface area contributed by atoms with Gasteiger partial charge in [0.15, 0.2) is 0 Å². The van der Waals surface area contributed by atoms with E-state index >= 15 is 0 Å². The summed E-state index contributed by atoms with van der Waals surface area (Å²) in [5.41, 5.74) is -0.552.